The molecule has 0 aromatic rings. The van der Waals surface area contributed by atoms with Crippen LogP contribution in [0, 0.1) is 0 Å². The molecule has 1 aliphatic rings. The molecule has 0 saturated carbocycles. The van der Waals surface area contributed by atoms with E-state index in [2.05, 4.69) is 21.3 Å². The van der Waals surface area contributed by atoms with Gasteiger partial charge in [-0.2, -0.15) is 0 Å². The highest BCUT2D eigenvalue weighted by atomic mass is 32.2. The van der Waals surface area contributed by atoms with Crippen LogP contribution >= 0.6 is 23.5 Å². The molecule has 228 valence electrons. The van der Waals surface area contributed by atoms with Crippen molar-refractivity contribution in [3.8, 4) is 0 Å². The van der Waals surface area contributed by atoms with Gasteiger partial charge >= 0.3 is 5.97 Å². The largest absolute Gasteiger partial charge is 0.480 e. The maximum atomic E-state index is 13.2. The van der Waals surface area contributed by atoms with Crippen LogP contribution < -0.4 is 21.3 Å². The average molecular weight is 603 g/mol. The predicted molar refractivity (Wildman–Crippen MR) is 158 cm³/mol. The van der Waals surface area contributed by atoms with Gasteiger partial charge in [-0.15, -0.1) is 0 Å². The van der Waals surface area contributed by atoms with Crippen molar-refractivity contribution in [3.05, 3.63) is 0 Å². The molecule has 1 saturated heterocycles. The van der Waals surface area contributed by atoms with Gasteiger partial charge in [0.05, 0.1) is 6.04 Å². The van der Waals surface area contributed by atoms with Gasteiger partial charge in [0.2, 0.25) is 17.7 Å². The number of amides is 3. The van der Waals surface area contributed by atoms with Crippen molar-refractivity contribution in [1.82, 2.24) is 21.3 Å². The van der Waals surface area contributed by atoms with Gasteiger partial charge in [0.1, 0.15) is 17.6 Å². The third-order valence-corrected chi connectivity index (χ3v) is 8.30. The third-order valence-electron chi connectivity index (χ3n) is 6.50. The Kier molecular flexibility index (Phi) is 17.1. The monoisotopic (exact) mass is 602 g/mol. The first kappa shape index (κ1) is 35.9. The van der Waals surface area contributed by atoms with Crippen molar-refractivity contribution in [2.45, 2.75) is 116 Å². The number of hydrogen-bond acceptors (Lipinski definition) is 9. The summed E-state index contributed by atoms with van der Waals surface area (Å²) in [6.07, 6.45) is 6.44. The minimum atomic E-state index is -1.42. The van der Waals surface area contributed by atoms with Crippen molar-refractivity contribution in [1.29, 1.82) is 0 Å². The van der Waals surface area contributed by atoms with Crippen molar-refractivity contribution in [3.63, 3.8) is 0 Å². The summed E-state index contributed by atoms with van der Waals surface area (Å²) in [6.45, 7) is 6.75. The van der Waals surface area contributed by atoms with E-state index in [4.69, 9.17) is 0 Å². The number of carbonyl (C=O) groups excluding carboxylic acids is 5. The Bertz CT molecular complexity index is 879. The second-order valence-corrected chi connectivity index (χ2v) is 13.1. The second-order valence-electron chi connectivity index (χ2n) is 10.6. The summed E-state index contributed by atoms with van der Waals surface area (Å²) in [7, 11) is 0. The second kappa shape index (κ2) is 19.1. The minimum Gasteiger partial charge on any atom is -0.480 e. The first-order valence-corrected chi connectivity index (χ1v) is 16.0. The zero-order valence-corrected chi connectivity index (χ0v) is 25.8. The topological polar surface area (TPSA) is 171 Å². The molecule has 13 heteroatoms. The molecular formula is C27H46N4O7S2. The quantitative estimate of drug-likeness (QED) is 0.138. The van der Waals surface area contributed by atoms with Gasteiger partial charge in [0.15, 0.2) is 10.2 Å². The lowest BCUT2D eigenvalue weighted by Crippen LogP contribution is -2.61. The molecule has 1 heterocycles. The van der Waals surface area contributed by atoms with Crippen LogP contribution in [0.2, 0.25) is 0 Å². The maximum Gasteiger partial charge on any atom is 0.326 e. The third kappa shape index (κ3) is 15.0. The van der Waals surface area contributed by atoms with E-state index in [1.807, 2.05) is 0 Å². The Morgan fingerprint density at radius 2 is 1.40 bits per heavy atom. The minimum absolute atomic E-state index is 0.0423. The molecule has 0 spiro atoms. The van der Waals surface area contributed by atoms with Crippen LogP contribution in [0.1, 0.15) is 91.9 Å². The fourth-order valence-electron chi connectivity index (χ4n) is 4.18. The smallest absolute Gasteiger partial charge is 0.326 e. The van der Waals surface area contributed by atoms with E-state index < -0.39 is 35.4 Å². The van der Waals surface area contributed by atoms with Gasteiger partial charge in [0.25, 0.3) is 0 Å². The van der Waals surface area contributed by atoms with Gasteiger partial charge < -0.3 is 26.4 Å². The summed E-state index contributed by atoms with van der Waals surface area (Å²) in [6, 6.07) is -2.33. The number of carboxylic acid groups (broad SMARTS) is 1. The lowest BCUT2D eigenvalue weighted by atomic mass is 10.00. The first-order chi connectivity index (χ1) is 18.8. The molecule has 0 aliphatic carbocycles. The van der Waals surface area contributed by atoms with Gasteiger partial charge in [-0.25, -0.2) is 4.79 Å². The molecule has 40 heavy (non-hydrogen) atoms. The molecule has 3 atom stereocenters. The number of unbranched alkanes of at least 4 members (excludes halogenated alkanes) is 4. The van der Waals surface area contributed by atoms with Crippen molar-refractivity contribution in [2.75, 3.05) is 18.1 Å². The number of carbonyl (C=O) groups is 6. The summed E-state index contributed by atoms with van der Waals surface area (Å²) >= 11 is 2.48. The van der Waals surface area contributed by atoms with E-state index in [1.54, 1.807) is 0 Å². The van der Waals surface area contributed by atoms with Crippen LogP contribution in [-0.4, -0.2) is 80.7 Å². The summed E-state index contributed by atoms with van der Waals surface area (Å²) in [5.74, 6) is -1.21. The first-order valence-electron chi connectivity index (χ1n) is 14.0. The van der Waals surface area contributed by atoms with Crippen LogP contribution in [0.15, 0.2) is 0 Å². The Labute approximate surface area is 245 Å². The van der Waals surface area contributed by atoms with Crippen molar-refractivity contribution < 1.29 is 33.9 Å². The van der Waals surface area contributed by atoms with Crippen LogP contribution in [0.3, 0.4) is 0 Å². The molecule has 5 N–H and O–H groups in total. The van der Waals surface area contributed by atoms with Crippen LogP contribution in [0.5, 0.6) is 0 Å². The summed E-state index contributed by atoms with van der Waals surface area (Å²) < 4.78 is 0. The molecular weight excluding hydrogens is 556 g/mol. The number of carboxylic acids is 1. The lowest BCUT2D eigenvalue weighted by molar-refractivity contribution is -0.143. The molecule has 0 radical (unpaired) electrons. The van der Waals surface area contributed by atoms with Gasteiger partial charge in [-0.1, -0.05) is 49.2 Å². The number of rotatable bonds is 19. The molecule has 0 aromatic heterocycles. The average Bonchev–Trinajstić information content (AvgIpc) is 3.41. The van der Waals surface area contributed by atoms with Gasteiger partial charge in [-0.05, 0) is 58.9 Å². The fourth-order valence-corrected chi connectivity index (χ4v) is 5.46. The Balaban J connectivity index is 2.70. The van der Waals surface area contributed by atoms with Crippen molar-refractivity contribution in [2.24, 2.45) is 0 Å². The lowest BCUT2D eigenvalue weighted by Gasteiger charge is -2.30. The molecule has 1 fully saturated rings. The Morgan fingerprint density at radius 3 is 1.88 bits per heavy atom. The number of aliphatic carboxylic acids is 1. The molecule has 0 aromatic carbocycles. The fraction of sp³-hybridized carbons (Fsp3) is 0.778. The maximum absolute atomic E-state index is 13.2. The molecule has 1 rings (SSSR count). The highest BCUT2D eigenvalue weighted by Gasteiger charge is 2.35. The molecule has 0 unspecified atom stereocenters. The van der Waals surface area contributed by atoms with Crippen LogP contribution in [-0.2, 0) is 28.8 Å². The van der Waals surface area contributed by atoms with E-state index in [1.165, 1.54) is 51.2 Å². The zero-order valence-electron chi connectivity index (χ0n) is 24.1. The molecule has 1 aliphatic heterocycles. The van der Waals surface area contributed by atoms with Gasteiger partial charge in [0, 0.05) is 25.4 Å². The van der Waals surface area contributed by atoms with Gasteiger partial charge in [-0.3, -0.25) is 24.0 Å². The number of hydrogen-bond donors (Lipinski definition) is 5. The highest BCUT2D eigenvalue weighted by molar-refractivity contribution is 8.13. The van der Waals surface area contributed by atoms with E-state index >= 15 is 0 Å². The van der Waals surface area contributed by atoms with E-state index in [9.17, 15) is 33.9 Å². The Hall–Kier alpha value is -2.12. The number of thioether (sulfide) groups is 2. The normalized spacial score (nSPS) is 16.6. The predicted octanol–water partition coefficient (Wildman–Crippen LogP) is 2.37. The molecule has 11 nitrogen and oxygen atoms in total. The molecule has 3 amide bonds. The highest BCUT2D eigenvalue weighted by Crippen LogP contribution is 2.14. The summed E-state index contributed by atoms with van der Waals surface area (Å²) in [5.41, 5.74) is -1.42. The number of nitrogens with one attached hydrogen (secondary N) is 4. The zero-order chi connectivity index (χ0) is 30.1. The Morgan fingerprint density at radius 1 is 0.850 bits per heavy atom. The van der Waals surface area contributed by atoms with E-state index in [0.717, 1.165) is 38.6 Å². The van der Waals surface area contributed by atoms with Crippen LogP contribution in [0.25, 0.3) is 0 Å². The SMILES string of the molecule is CC(=O)SCCCCC[C@H](NC(=O)C(C)(C)NC(=O)[C@H](CCCCCSC(C)=O)NC(=O)[C@@H]1CCCN1)C(=O)O. The van der Waals surface area contributed by atoms with Crippen LogP contribution in [0.4, 0.5) is 0 Å². The van der Waals surface area contributed by atoms with E-state index in [0.29, 0.717) is 37.2 Å². The summed E-state index contributed by atoms with van der Waals surface area (Å²) in [5, 5.41) is 20.9. The van der Waals surface area contributed by atoms with Crippen molar-refractivity contribution >= 4 is 57.4 Å². The standard InChI is InChI=1S/C27H46N4O7S2/c1-18(32)39-16-9-5-7-12-21(29-23(34)20-14-11-15-28-20)24(35)31-27(3,4)26(38)30-22(25(36)37)13-8-6-10-17-40-19(2)33/h20-22,28H,5-17H2,1-4H3,(H,29,34)(H,30,38)(H,31,35)(H,36,37)/t20-,21-,22-/m0/s1. The molecule has 0 bridgehead atoms. The summed E-state index contributed by atoms with van der Waals surface area (Å²) in [4.78, 5) is 72.8. The van der Waals surface area contributed by atoms with E-state index in [-0.39, 0.29) is 28.6 Å².